The Balaban J connectivity index is 0.000000188. The summed E-state index contributed by atoms with van der Waals surface area (Å²) in [6.07, 6.45) is 0.536. The maximum absolute atomic E-state index is 12.8. The third-order valence-corrected chi connectivity index (χ3v) is 12.5. The zero-order valence-electron chi connectivity index (χ0n) is 29.2. The standard InChI is InChI=1S/2C15H27O8P/c1-10-5-12(18-4)13(21-10)7-19-24(16)20-9-15(8-17-3)14(23-24)6-11(2)22-15;1-9-5-12(18-4)13(21-9)8-20-24(16)19-6-11-10(2)22-14(7-17-3)15(11)23-24/h10-14H,5-9H2,1-4H3;9-15H,5-8H2,1-4H3/t10-,11-,12-,13+,14-,15-,24?;9-,10-,11-,12-,13+,14+,15-,24?/m00/s1. The van der Waals surface area contributed by atoms with E-state index >= 15 is 0 Å². The molecule has 6 rings (SSSR count). The summed E-state index contributed by atoms with van der Waals surface area (Å²) in [6, 6.07) is 0. The summed E-state index contributed by atoms with van der Waals surface area (Å²) in [6.45, 7) is 9.12. The van der Waals surface area contributed by atoms with Crippen LogP contribution in [0.3, 0.4) is 0 Å². The SMILES string of the molecule is COC[C@H]1O[C@@H](C)[C@@H]2COP(=O)(OC[C@H]3O[C@@H](C)C[C@@H]3OC)O[C@@H]21.COC[C@]12COP(=O)(OC[C@H]3O[C@@H](C)C[C@@H]3OC)O[C@H]1C[C@H](C)O2. The summed E-state index contributed by atoms with van der Waals surface area (Å²) < 4.78 is 103. The van der Waals surface area contributed by atoms with Crippen LogP contribution in [0.5, 0.6) is 0 Å². The van der Waals surface area contributed by atoms with Gasteiger partial charge in [-0.3, -0.25) is 27.1 Å². The number of hydrogen-bond acceptors (Lipinski definition) is 16. The molecule has 6 aliphatic heterocycles. The van der Waals surface area contributed by atoms with E-state index < -0.39 is 21.2 Å². The lowest BCUT2D eigenvalue weighted by atomic mass is 9.98. The van der Waals surface area contributed by atoms with Crippen LogP contribution in [0.15, 0.2) is 0 Å². The molecule has 0 spiro atoms. The Morgan fingerprint density at radius 1 is 0.688 bits per heavy atom. The quantitative estimate of drug-likeness (QED) is 0.267. The highest BCUT2D eigenvalue weighted by Gasteiger charge is 2.57. The zero-order valence-corrected chi connectivity index (χ0v) is 31.0. The molecule has 0 amide bonds. The molecule has 0 aliphatic carbocycles. The van der Waals surface area contributed by atoms with E-state index in [-0.39, 0.29) is 99.5 Å². The Morgan fingerprint density at radius 3 is 1.85 bits per heavy atom. The van der Waals surface area contributed by atoms with Gasteiger partial charge >= 0.3 is 15.6 Å². The number of phosphoric acid groups is 2. The first-order valence-electron chi connectivity index (χ1n) is 16.7. The molecule has 0 aromatic heterocycles. The molecule has 0 radical (unpaired) electrons. The molecule has 0 N–H and O–H groups in total. The molecule has 280 valence electrons. The number of phosphoric ester groups is 2. The number of fused-ring (bicyclic) bond motifs is 2. The minimum absolute atomic E-state index is 0.0165. The second-order valence-electron chi connectivity index (χ2n) is 13.4. The van der Waals surface area contributed by atoms with Gasteiger partial charge in [-0.1, -0.05) is 0 Å². The topological polar surface area (TPSA) is 163 Å². The predicted molar refractivity (Wildman–Crippen MR) is 168 cm³/mol. The van der Waals surface area contributed by atoms with Crippen LogP contribution in [-0.2, 0) is 74.2 Å². The molecule has 6 saturated heterocycles. The van der Waals surface area contributed by atoms with Gasteiger partial charge in [0.25, 0.3) is 0 Å². The molecule has 0 saturated carbocycles. The molecule has 15 atom stereocenters. The fourth-order valence-electron chi connectivity index (χ4n) is 7.22. The highest BCUT2D eigenvalue weighted by molar-refractivity contribution is 7.48. The summed E-state index contributed by atoms with van der Waals surface area (Å²) in [5.41, 5.74) is -0.723. The molecule has 48 heavy (non-hydrogen) atoms. The molecule has 0 aromatic rings. The van der Waals surface area contributed by atoms with Gasteiger partial charge in [0.1, 0.15) is 36.1 Å². The van der Waals surface area contributed by atoms with E-state index in [1.54, 1.807) is 28.4 Å². The third-order valence-electron chi connectivity index (χ3n) is 9.64. The van der Waals surface area contributed by atoms with Crippen LogP contribution in [0.4, 0.5) is 0 Å². The smallest absolute Gasteiger partial charge is 0.382 e. The summed E-state index contributed by atoms with van der Waals surface area (Å²) in [7, 11) is -0.860. The van der Waals surface area contributed by atoms with Crippen LogP contribution in [0.25, 0.3) is 0 Å². The first kappa shape index (κ1) is 39.1. The largest absolute Gasteiger partial charge is 0.475 e. The van der Waals surface area contributed by atoms with Gasteiger partial charge in [0, 0.05) is 53.6 Å². The van der Waals surface area contributed by atoms with E-state index in [0.29, 0.717) is 19.6 Å². The van der Waals surface area contributed by atoms with Crippen LogP contribution >= 0.6 is 15.6 Å². The molecule has 6 aliphatic rings. The van der Waals surface area contributed by atoms with Crippen LogP contribution in [0, 0.1) is 5.92 Å². The highest BCUT2D eigenvalue weighted by Crippen LogP contribution is 2.59. The average molecular weight is 733 g/mol. The van der Waals surface area contributed by atoms with E-state index in [1.807, 2.05) is 27.7 Å². The van der Waals surface area contributed by atoms with Crippen molar-refractivity contribution in [2.45, 2.75) is 120 Å². The maximum atomic E-state index is 12.8. The third kappa shape index (κ3) is 9.09. The summed E-state index contributed by atoms with van der Waals surface area (Å²) in [4.78, 5) is 0. The Hall–Kier alpha value is -0.100. The fraction of sp³-hybridized carbons (Fsp3) is 1.00. The second kappa shape index (κ2) is 16.7. The molecule has 6 heterocycles. The van der Waals surface area contributed by atoms with Crippen molar-refractivity contribution in [3.8, 4) is 0 Å². The van der Waals surface area contributed by atoms with Gasteiger partial charge in [0.05, 0.1) is 76.3 Å². The van der Waals surface area contributed by atoms with E-state index in [2.05, 4.69) is 0 Å². The van der Waals surface area contributed by atoms with Crippen molar-refractivity contribution in [1.29, 1.82) is 0 Å². The highest BCUT2D eigenvalue weighted by atomic mass is 31.2. The lowest BCUT2D eigenvalue weighted by Gasteiger charge is -2.39. The molecule has 2 unspecified atom stereocenters. The summed E-state index contributed by atoms with van der Waals surface area (Å²) in [5.74, 6) is 0.0188. The number of methoxy groups -OCH3 is 4. The first-order chi connectivity index (χ1) is 22.8. The predicted octanol–water partition coefficient (Wildman–Crippen LogP) is 3.68. The number of ether oxygens (including phenoxy) is 8. The fourth-order valence-corrected chi connectivity index (χ4v) is 10.2. The Bertz CT molecular complexity index is 1090. The Kier molecular flexibility index (Phi) is 13.6. The van der Waals surface area contributed by atoms with Gasteiger partial charge < -0.3 is 37.9 Å². The molecule has 6 fully saturated rings. The van der Waals surface area contributed by atoms with Crippen LogP contribution < -0.4 is 0 Å². The van der Waals surface area contributed by atoms with Gasteiger partial charge in [-0.2, -0.15) is 0 Å². The molecule has 16 nitrogen and oxygen atoms in total. The molecule has 18 heteroatoms. The maximum Gasteiger partial charge on any atom is 0.475 e. The van der Waals surface area contributed by atoms with E-state index in [4.69, 9.17) is 65.0 Å². The van der Waals surface area contributed by atoms with Gasteiger partial charge in [0.15, 0.2) is 0 Å². The van der Waals surface area contributed by atoms with E-state index in [1.165, 1.54) is 0 Å². The van der Waals surface area contributed by atoms with E-state index in [0.717, 1.165) is 12.8 Å². The molecule has 0 aromatic carbocycles. The minimum atomic E-state index is -3.66. The zero-order chi connectivity index (χ0) is 34.7. The number of hydrogen-bond donors (Lipinski definition) is 0. The first-order valence-corrected chi connectivity index (χ1v) is 19.6. The average Bonchev–Trinajstić information content (AvgIpc) is 3.78. The monoisotopic (exact) mass is 732 g/mol. The van der Waals surface area contributed by atoms with Crippen molar-refractivity contribution in [3.63, 3.8) is 0 Å². The Morgan fingerprint density at radius 2 is 1.29 bits per heavy atom. The summed E-state index contributed by atoms with van der Waals surface area (Å²) in [5, 5.41) is 0. The second-order valence-corrected chi connectivity index (χ2v) is 16.6. The van der Waals surface area contributed by atoms with Crippen LogP contribution in [-0.4, -0.2) is 141 Å². The van der Waals surface area contributed by atoms with E-state index in [9.17, 15) is 9.13 Å². The summed E-state index contributed by atoms with van der Waals surface area (Å²) >= 11 is 0. The van der Waals surface area contributed by atoms with Crippen LogP contribution in [0.2, 0.25) is 0 Å². The van der Waals surface area contributed by atoms with Crippen molar-refractivity contribution >= 4 is 15.6 Å². The van der Waals surface area contributed by atoms with Crippen molar-refractivity contribution < 1.29 is 74.2 Å². The van der Waals surface area contributed by atoms with Gasteiger partial charge in [0.2, 0.25) is 0 Å². The van der Waals surface area contributed by atoms with Gasteiger partial charge in [-0.15, -0.1) is 0 Å². The van der Waals surface area contributed by atoms with Crippen molar-refractivity contribution in [2.24, 2.45) is 5.92 Å². The van der Waals surface area contributed by atoms with Gasteiger partial charge in [-0.25, -0.2) is 9.13 Å². The number of rotatable bonds is 12. The van der Waals surface area contributed by atoms with Crippen molar-refractivity contribution in [2.75, 3.05) is 68.1 Å². The lowest BCUT2D eigenvalue weighted by Crippen LogP contribution is -2.51. The normalized spacial score (nSPS) is 48.6. The minimum Gasteiger partial charge on any atom is -0.382 e. The lowest BCUT2D eigenvalue weighted by molar-refractivity contribution is -0.160. The molecular formula is C30H54O16P2. The van der Waals surface area contributed by atoms with Crippen LogP contribution in [0.1, 0.15) is 47.0 Å². The molecular weight excluding hydrogens is 678 g/mol. The Labute approximate surface area is 283 Å². The van der Waals surface area contributed by atoms with Crippen molar-refractivity contribution in [1.82, 2.24) is 0 Å². The molecule has 0 bridgehead atoms. The van der Waals surface area contributed by atoms with Crippen molar-refractivity contribution in [3.05, 3.63) is 0 Å². The van der Waals surface area contributed by atoms with Gasteiger partial charge in [-0.05, 0) is 27.7 Å².